The van der Waals surface area contributed by atoms with E-state index in [9.17, 15) is 14.4 Å². The molecule has 0 aromatic heterocycles. The molecule has 2 atom stereocenters. The van der Waals surface area contributed by atoms with E-state index in [4.69, 9.17) is 5.41 Å². The van der Waals surface area contributed by atoms with Crippen LogP contribution in [0.25, 0.3) is 0 Å². The molecule has 35 heavy (non-hydrogen) atoms. The van der Waals surface area contributed by atoms with E-state index in [2.05, 4.69) is 36.0 Å². The summed E-state index contributed by atoms with van der Waals surface area (Å²) in [5.74, 6) is -0.496. The summed E-state index contributed by atoms with van der Waals surface area (Å²) >= 11 is 0. The molecule has 1 rings (SSSR count). The number of rotatable bonds is 14. The minimum Gasteiger partial charge on any atom is -0.352 e. The number of likely N-dealkylation sites (tertiary alicyclic amines) is 1. The second-order valence-corrected chi connectivity index (χ2v) is 9.84. The van der Waals surface area contributed by atoms with E-state index in [0.717, 1.165) is 25.8 Å². The second-order valence-electron chi connectivity index (χ2n) is 9.84. The van der Waals surface area contributed by atoms with Crippen LogP contribution in [0, 0.1) is 11.3 Å². The van der Waals surface area contributed by atoms with Crippen molar-refractivity contribution in [3.8, 4) is 0 Å². The van der Waals surface area contributed by atoms with E-state index in [0.29, 0.717) is 25.1 Å². The topological polar surface area (TPSA) is 109 Å². The van der Waals surface area contributed by atoms with Crippen molar-refractivity contribution < 1.29 is 14.4 Å². The predicted molar refractivity (Wildman–Crippen MR) is 141 cm³/mol. The maximum absolute atomic E-state index is 13.2. The maximum Gasteiger partial charge on any atom is 0.246 e. The van der Waals surface area contributed by atoms with Gasteiger partial charge in [0.15, 0.2) is 0 Å². The van der Waals surface area contributed by atoms with Crippen LogP contribution < -0.4 is 10.6 Å². The van der Waals surface area contributed by atoms with Gasteiger partial charge >= 0.3 is 0 Å². The van der Waals surface area contributed by atoms with Crippen molar-refractivity contribution in [3.05, 3.63) is 24.4 Å². The predicted octanol–water partition coefficient (Wildman–Crippen LogP) is 2.35. The molecule has 0 radical (unpaired) electrons. The number of nitrogens with zero attached hydrogens (tertiary/aromatic N) is 3. The molecule has 1 fully saturated rings. The van der Waals surface area contributed by atoms with Gasteiger partial charge in [0.05, 0.1) is 12.4 Å². The average molecular weight is 491 g/mol. The van der Waals surface area contributed by atoms with E-state index < -0.39 is 6.04 Å². The van der Waals surface area contributed by atoms with E-state index in [-0.39, 0.29) is 42.3 Å². The van der Waals surface area contributed by atoms with Crippen LogP contribution in [0.1, 0.15) is 60.3 Å². The Morgan fingerprint density at radius 1 is 1.20 bits per heavy atom. The van der Waals surface area contributed by atoms with E-state index in [1.54, 1.807) is 36.0 Å². The number of carbonyl (C=O) groups excluding carboxylic acids is 3. The standard InChI is InChI=1S/C26H46N6O3/c1-8-31(18-27)15-11-14-28-24(33)21(6)13-17-30(7)26(35)23(19(2)3)29-25(34)22-12-9-10-16-32(22)20(4)5/h8,13,18-20,22-23,27H,1,9-12,14-17H2,2-7H3,(H,28,33)(H,29,34)/b21-13+,27-18?. The van der Waals surface area contributed by atoms with E-state index in [1.807, 2.05) is 13.8 Å². The van der Waals surface area contributed by atoms with Gasteiger partial charge < -0.3 is 20.4 Å². The first-order chi connectivity index (χ1) is 16.5. The lowest BCUT2D eigenvalue weighted by atomic mass is 9.97. The van der Waals surface area contributed by atoms with Crippen LogP contribution in [0.3, 0.4) is 0 Å². The molecule has 1 aliphatic heterocycles. The van der Waals surface area contributed by atoms with Gasteiger partial charge in [-0.25, -0.2) is 0 Å². The Bertz CT molecular complexity index is 756. The van der Waals surface area contributed by atoms with Crippen LogP contribution in [0.2, 0.25) is 0 Å². The molecule has 0 spiro atoms. The maximum atomic E-state index is 13.2. The summed E-state index contributed by atoms with van der Waals surface area (Å²) in [6.45, 7) is 15.6. The summed E-state index contributed by atoms with van der Waals surface area (Å²) < 4.78 is 0. The molecular formula is C26H46N6O3. The van der Waals surface area contributed by atoms with Crippen molar-refractivity contribution in [1.82, 2.24) is 25.3 Å². The van der Waals surface area contributed by atoms with E-state index in [1.165, 1.54) is 6.34 Å². The normalized spacial score (nSPS) is 17.6. The zero-order valence-electron chi connectivity index (χ0n) is 22.5. The zero-order chi connectivity index (χ0) is 26.5. The van der Waals surface area contributed by atoms with Crippen molar-refractivity contribution in [2.75, 3.05) is 33.2 Å². The largest absolute Gasteiger partial charge is 0.352 e. The van der Waals surface area contributed by atoms with Crippen LogP contribution in [0.5, 0.6) is 0 Å². The molecule has 198 valence electrons. The molecule has 0 aliphatic carbocycles. The van der Waals surface area contributed by atoms with E-state index >= 15 is 0 Å². The van der Waals surface area contributed by atoms with Crippen LogP contribution in [-0.4, -0.2) is 90.1 Å². The number of piperidine rings is 1. The first-order valence-electron chi connectivity index (χ1n) is 12.7. The Labute approximate surface area is 211 Å². The molecule has 1 heterocycles. The highest BCUT2D eigenvalue weighted by Gasteiger charge is 2.34. The molecule has 0 bridgehead atoms. The highest BCUT2D eigenvalue weighted by molar-refractivity contribution is 5.93. The fourth-order valence-electron chi connectivity index (χ4n) is 4.12. The minimum atomic E-state index is -0.618. The fraction of sp³-hybridized carbons (Fsp3) is 0.692. The lowest BCUT2D eigenvalue weighted by Crippen LogP contribution is -2.57. The van der Waals surface area contributed by atoms with Crippen LogP contribution in [0.4, 0.5) is 0 Å². The van der Waals surface area contributed by atoms with Crippen molar-refractivity contribution in [2.24, 2.45) is 5.92 Å². The van der Waals surface area contributed by atoms with Gasteiger partial charge in [-0.2, -0.15) is 0 Å². The highest BCUT2D eigenvalue weighted by Crippen LogP contribution is 2.20. The Balaban J connectivity index is 2.66. The molecule has 0 aromatic carbocycles. The van der Waals surface area contributed by atoms with Crippen molar-refractivity contribution >= 4 is 24.1 Å². The molecule has 1 saturated heterocycles. The van der Waals surface area contributed by atoms with Gasteiger partial charge in [-0.3, -0.25) is 24.7 Å². The Hall–Kier alpha value is -2.68. The molecule has 0 saturated carbocycles. The molecule has 1 aliphatic rings. The Morgan fingerprint density at radius 3 is 2.46 bits per heavy atom. The monoisotopic (exact) mass is 490 g/mol. The number of amides is 3. The molecule has 2 unspecified atom stereocenters. The first kappa shape index (κ1) is 30.4. The fourth-order valence-corrected chi connectivity index (χ4v) is 4.12. The number of hydrogen-bond acceptors (Lipinski definition) is 5. The second kappa shape index (κ2) is 15.3. The SMILES string of the molecule is C=CN(C=N)CCCNC(=O)/C(C)=C/CN(C)C(=O)C(NC(=O)C1CCCCN1C(C)C)C(C)C. The summed E-state index contributed by atoms with van der Waals surface area (Å²) in [5.41, 5.74) is 0.525. The number of carbonyl (C=O) groups is 3. The minimum absolute atomic E-state index is 0.0607. The quantitative estimate of drug-likeness (QED) is 0.150. The van der Waals surface area contributed by atoms with Gasteiger partial charge in [0.2, 0.25) is 17.7 Å². The Morgan fingerprint density at radius 2 is 1.89 bits per heavy atom. The highest BCUT2D eigenvalue weighted by atomic mass is 16.2. The third-order valence-electron chi connectivity index (χ3n) is 6.43. The lowest BCUT2D eigenvalue weighted by molar-refractivity contribution is -0.138. The summed E-state index contributed by atoms with van der Waals surface area (Å²) in [6.07, 6.45) is 8.08. The van der Waals surface area contributed by atoms with Crippen molar-refractivity contribution in [3.63, 3.8) is 0 Å². The summed E-state index contributed by atoms with van der Waals surface area (Å²) in [5, 5.41) is 13.1. The average Bonchev–Trinajstić information content (AvgIpc) is 2.84. The zero-order valence-corrected chi connectivity index (χ0v) is 22.5. The first-order valence-corrected chi connectivity index (χ1v) is 12.7. The third-order valence-corrected chi connectivity index (χ3v) is 6.43. The van der Waals surface area contributed by atoms with Gasteiger partial charge in [0.25, 0.3) is 0 Å². The third kappa shape index (κ3) is 9.84. The van der Waals surface area contributed by atoms with Crippen LogP contribution >= 0.6 is 0 Å². The number of hydrogen-bond donors (Lipinski definition) is 3. The lowest BCUT2D eigenvalue weighted by Gasteiger charge is -2.38. The molecule has 0 aromatic rings. The molecule has 3 N–H and O–H groups in total. The summed E-state index contributed by atoms with van der Waals surface area (Å²) in [6, 6.07) is -0.544. The van der Waals surface area contributed by atoms with Gasteiger partial charge in [-0.1, -0.05) is 32.9 Å². The van der Waals surface area contributed by atoms with Crippen molar-refractivity contribution in [1.29, 1.82) is 5.41 Å². The molecule has 9 nitrogen and oxygen atoms in total. The summed E-state index contributed by atoms with van der Waals surface area (Å²) in [7, 11) is 1.69. The molecular weight excluding hydrogens is 444 g/mol. The van der Waals surface area contributed by atoms with Gasteiger partial charge in [0.1, 0.15) is 6.04 Å². The molecule has 9 heteroatoms. The van der Waals surface area contributed by atoms with Gasteiger partial charge in [-0.05, 0) is 58.7 Å². The Kier molecular flexibility index (Phi) is 13.3. The molecule has 3 amide bonds. The smallest absolute Gasteiger partial charge is 0.246 e. The summed E-state index contributed by atoms with van der Waals surface area (Å²) in [4.78, 5) is 44.0. The van der Waals surface area contributed by atoms with Crippen LogP contribution in [0.15, 0.2) is 24.4 Å². The number of nitrogens with one attached hydrogen (secondary N) is 3. The number of likely N-dealkylation sites (N-methyl/N-ethyl adjacent to an activating group) is 1. The van der Waals surface area contributed by atoms with Crippen LogP contribution in [-0.2, 0) is 14.4 Å². The van der Waals surface area contributed by atoms with Gasteiger partial charge in [0, 0.05) is 38.3 Å². The van der Waals surface area contributed by atoms with Gasteiger partial charge in [-0.15, -0.1) is 0 Å². The van der Waals surface area contributed by atoms with Crippen molar-refractivity contribution in [2.45, 2.75) is 78.4 Å².